The first-order valence-electron chi connectivity index (χ1n) is 5.81. The molecule has 0 aliphatic carbocycles. The van der Waals surface area contributed by atoms with Gasteiger partial charge in [0.05, 0.1) is 5.69 Å². The SMILES string of the molecule is Nc1cc(Br)ccc1Sc1nnnn1-c1ccccc1. The van der Waals surface area contributed by atoms with E-state index in [-0.39, 0.29) is 0 Å². The van der Waals surface area contributed by atoms with Crippen LogP contribution in [0.25, 0.3) is 5.69 Å². The summed E-state index contributed by atoms with van der Waals surface area (Å²) in [6.07, 6.45) is 0. The van der Waals surface area contributed by atoms with Crippen LogP contribution >= 0.6 is 27.7 Å². The minimum absolute atomic E-state index is 0.672. The molecule has 7 heteroatoms. The molecule has 0 aliphatic rings. The van der Waals surface area contributed by atoms with E-state index in [1.165, 1.54) is 11.8 Å². The van der Waals surface area contributed by atoms with Gasteiger partial charge >= 0.3 is 0 Å². The smallest absolute Gasteiger partial charge is 0.218 e. The lowest BCUT2D eigenvalue weighted by atomic mass is 10.3. The molecule has 0 fully saturated rings. The van der Waals surface area contributed by atoms with Crippen molar-refractivity contribution >= 4 is 33.4 Å². The Morgan fingerprint density at radius 1 is 1.10 bits per heavy atom. The number of hydrogen-bond acceptors (Lipinski definition) is 5. The van der Waals surface area contributed by atoms with E-state index in [2.05, 4.69) is 31.5 Å². The van der Waals surface area contributed by atoms with Crippen LogP contribution in [0.3, 0.4) is 0 Å². The second-order valence-electron chi connectivity index (χ2n) is 3.99. The van der Waals surface area contributed by atoms with Crippen LogP contribution in [-0.4, -0.2) is 20.2 Å². The van der Waals surface area contributed by atoms with E-state index in [1.807, 2.05) is 48.5 Å². The fourth-order valence-corrected chi connectivity index (χ4v) is 2.88. The highest BCUT2D eigenvalue weighted by Crippen LogP contribution is 2.32. The minimum atomic E-state index is 0.672. The van der Waals surface area contributed by atoms with Gasteiger partial charge in [0.2, 0.25) is 5.16 Å². The molecule has 0 amide bonds. The molecule has 0 bridgehead atoms. The third kappa shape index (κ3) is 2.68. The fourth-order valence-electron chi connectivity index (χ4n) is 1.68. The molecule has 0 saturated carbocycles. The Hall–Kier alpha value is -1.86. The molecule has 5 nitrogen and oxygen atoms in total. The molecule has 0 radical (unpaired) electrons. The zero-order chi connectivity index (χ0) is 13.9. The first-order valence-corrected chi connectivity index (χ1v) is 7.41. The number of aromatic nitrogens is 4. The summed E-state index contributed by atoms with van der Waals surface area (Å²) in [6, 6.07) is 15.5. The molecule has 1 aromatic heterocycles. The second kappa shape index (κ2) is 5.64. The molecule has 0 unspecified atom stereocenters. The fraction of sp³-hybridized carbons (Fsp3) is 0. The molecule has 0 atom stereocenters. The highest BCUT2D eigenvalue weighted by molar-refractivity contribution is 9.10. The van der Waals surface area contributed by atoms with Crippen molar-refractivity contribution in [3.63, 3.8) is 0 Å². The maximum absolute atomic E-state index is 6.00. The number of nitrogen functional groups attached to an aromatic ring is 1. The average molecular weight is 348 g/mol. The van der Waals surface area contributed by atoms with Gasteiger partial charge in [0.15, 0.2) is 0 Å². The number of para-hydroxylation sites is 1. The predicted molar refractivity (Wildman–Crippen MR) is 81.8 cm³/mol. The summed E-state index contributed by atoms with van der Waals surface area (Å²) in [5, 5.41) is 12.5. The quantitative estimate of drug-likeness (QED) is 0.737. The van der Waals surface area contributed by atoms with E-state index in [0.717, 1.165) is 15.1 Å². The Morgan fingerprint density at radius 2 is 1.90 bits per heavy atom. The Morgan fingerprint density at radius 3 is 2.65 bits per heavy atom. The van der Waals surface area contributed by atoms with Gasteiger partial charge in [-0.15, -0.1) is 5.10 Å². The van der Waals surface area contributed by atoms with Crippen LogP contribution in [0.4, 0.5) is 5.69 Å². The third-order valence-corrected chi connectivity index (χ3v) is 4.14. The third-order valence-electron chi connectivity index (χ3n) is 2.61. The monoisotopic (exact) mass is 347 g/mol. The lowest BCUT2D eigenvalue weighted by molar-refractivity contribution is 0.756. The molecule has 3 rings (SSSR count). The van der Waals surface area contributed by atoms with E-state index in [0.29, 0.717) is 10.8 Å². The lowest BCUT2D eigenvalue weighted by Gasteiger charge is -2.06. The number of anilines is 1. The molecule has 0 aliphatic heterocycles. The van der Waals surface area contributed by atoms with Crippen molar-refractivity contribution in [2.75, 3.05) is 5.73 Å². The number of nitrogens with zero attached hydrogens (tertiary/aromatic N) is 4. The summed E-state index contributed by atoms with van der Waals surface area (Å²) in [5.74, 6) is 0. The van der Waals surface area contributed by atoms with Crippen molar-refractivity contribution in [3.8, 4) is 5.69 Å². The second-order valence-corrected chi connectivity index (χ2v) is 5.92. The van der Waals surface area contributed by atoms with Crippen LogP contribution in [0.15, 0.2) is 63.1 Å². The Kier molecular flexibility index (Phi) is 3.70. The standard InChI is InChI=1S/C13H10BrN5S/c14-9-6-7-12(11(15)8-9)20-13-16-17-18-19(13)10-4-2-1-3-5-10/h1-8H,15H2. The van der Waals surface area contributed by atoms with E-state index in [9.17, 15) is 0 Å². The Labute approximate surface area is 128 Å². The van der Waals surface area contributed by atoms with Crippen LogP contribution < -0.4 is 5.73 Å². The topological polar surface area (TPSA) is 69.6 Å². The normalized spacial score (nSPS) is 10.7. The number of benzene rings is 2. The molecule has 0 saturated heterocycles. The molecular weight excluding hydrogens is 338 g/mol. The van der Waals surface area contributed by atoms with E-state index < -0.39 is 0 Å². The maximum atomic E-state index is 6.00. The summed E-state index contributed by atoms with van der Waals surface area (Å²) in [4.78, 5) is 0.917. The molecule has 2 aromatic carbocycles. The van der Waals surface area contributed by atoms with Crippen LogP contribution in [0.1, 0.15) is 0 Å². The molecule has 100 valence electrons. The van der Waals surface area contributed by atoms with Crippen LogP contribution in [0.5, 0.6) is 0 Å². The Balaban J connectivity index is 1.95. The van der Waals surface area contributed by atoms with E-state index in [1.54, 1.807) is 4.68 Å². The molecule has 1 heterocycles. The first kappa shape index (κ1) is 13.1. The van der Waals surface area contributed by atoms with Gasteiger partial charge in [-0.2, -0.15) is 4.68 Å². The van der Waals surface area contributed by atoms with Crippen molar-refractivity contribution < 1.29 is 0 Å². The molecule has 0 spiro atoms. The first-order chi connectivity index (χ1) is 9.74. The zero-order valence-electron chi connectivity index (χ0n) is 10.3. The summed E-state index contributed by atoms with van der Waals surface area (Å²) >= 11 is 4.82. The van der Waals surface area contributed by atoms with Crippen molar-refractivity contribution in [2.45, 2.75) is 10.1 Å². The molecular formula is C13H10BrN5S. The van der Waals surface area contributed by atoms with Gasteiger partial charge in [-0.25, -0.2) is 0 Å². The van der Waals surface area contributed by atoms with Gasteiger partial charge in [0.25, 0.3) is 0 Å². The van der Waals surface area contributed by atoms with Gasteiger partial charge < -0.3 is 5.73 Å². The minimum Gasteiger partial charge on any atom is -0.398 e. The van der Waals surface area contributed by atoms with Crippen molar-refractivity contribution in [2.24, 2.45) is 0 Å². The highest BCUT2D eigenvalue weighted by atomic mass is 79.9. The van der Waals surface area contributed by atoms with Crippen molar-refractivity contribution in [1.29, 1.82) is 0 Å². The largest absolute Gasteiger partial charge is 0.398 e. The number of rotatable bonds is 3. The lowest BCUT2D eigenvalue weighted by Crippen LogP contribution is -1.98. The summed E-state index contributed by atoms with van der Waals surface area (Å²) in [6.45, 7) is 0. The average Bonchev–Trinajstić information content (AvgIpc) is 2.91. The van der Waals surface area contributed by atoms with Crippen LogP contribution in [-0.2, 0) is 0 Å². The summed E-state index contributed by atoms with van der Waals surface area (Å²) in [5.41, 5.74) is 7.60. The number of tetrazole rings is 1. The van der Waals surface area contributed by atoms with Gasteiger partial charge in [0, 0.05) is 15.1 Å². The van der Waals surface area contributed by atoms with Crippen molar-refractivity contribution in [1.82, 2.24) is 20.2 Å². The van der Waals surface area contributed by atoms with E-state index >= 15 is 0 Å². The van der Waals surface area contributed by atoms with Gasteiger partial charge in [-0.3, -0.25) is 0 Å². The molecule has 3 aromatic rings. The summed E-state index contributed by atoms with van der Waals surface area (Å²) in [7, 11) is 0. The Bertz CT molecular complexity index is 729. The van der Waals surface area contributed by atoms with Crippen LogP contribution in [0.2, 0.25) is 0 Å². The van der Waals surface area contributed by atoms with Crippen LogP contribution in [0, 0.1) is 0 Å². The zero-order valence-corrected chi connectivity index (χ0v) is 12.7. The van der Waals surface area contributed by atoms with Gasteiger partial charge in [0.1, 0.15) is 0 Å². The number of halogens is 1. The maximum Gasteiger partial charge on any atom is 0.218 e. The van der Waals surface area contributed by atoms with Gasteiger partial charge in [-0.1, -0.05) is 34.1 Å². The highest BCUT2D eigenvalue weighted by Gasteiger charge is 2.11. The summed E-state index contributed by atoms with van der Waals surface area (Å²) < 4.78 is 2.63. The number of hydrogen-bond donors (Lipinski definition) is 1. The number of nitrogens with two attached hydrogens (primary N) is 1. The predicted octanol–water partition coefficient (Wildman–Crippen LogP) is 3.16. The van der Waals surface area contributed by atoms with E-state index in [4.69, 9.17) is 5.73 Å². The van der Waals surface area contributed by atoms with Gasteiger partial charge in [-0.05, 0) is 52.5 Å². The molecule has 20 heavy (non-hydrogen) atoms. The molecule has 2 N–H and O–H groups in total. The van der Waals surface area contributed by atoms with Crippen molar-refractivity contribution in [3.05, 3.63) is 53.0 Å².